The van der Waals surface area contributed by atoms with Gasteiger partial charge in [-0.1, -0.05) is 18.2 Å². The number of nitrogens with one attached hydrogen (secondary N) is 2. The first-order valence-corrected chi connectivity index (χ1v) is 10.2. The van der Waals surface area contributed by atoms with E-state index in [0.717, 1.165) is 29.8 Å². The number of fused-ring (bicyclic) bond motifs is 1. The van der Waals surface area contributed by atoms with Crippen molar-refractivity contribution in [1.29, 1.82) is 0 Å². The summed E-state index contributed by atoms with van der Waals surface area (Å²) in [5.41, 5.74) is 3.56. The minimum Gasteiger partial charge on any atom is -0.454 e. The van der Waals surface area contributed by atoms with Crippen LogP contribution in [0.5, 0.6) is 11.5 Å². The Bertz CT molecular complexity index is 1080. The molecule has 1 aliphatic heterocycles. The normalized spacial score (nSPS) is 11.9. The van der Waals surface area contributed by atoms with Crippen molar-refractivity contribution in [2.45, 2.75) is 19.8 Å². The van der Waals surface area contributed by atoms with Crippen molar-refractivity contribution in [2.75, 3.05) is 19.9 Å². The van der Waals surface area contributed by atoms with Crippen LogP contribution in [-0.4, -0.2) is 41.5 Å². The zero-order valence-electron chi connectivity index (χ0n) is 17.3. The van der Waals surface area contributed by atoms with E-state index in [4.69, 9.17) is 9.47 Å². The van der Waals surface area contributed by atoms with E-state index in [1.54, 1.807) is 18.2 Å². The highest BCUT2D eigenvalue weighted by Crippen LogP contribution is 2.32. The summed E-state index contributed by atoms with van der Waals surface area (Å²) in [6, 6.07) is 14.9. The third-order valence-corrected chi connectivity index (χ3v) is 5.01. The number of carbonyl (C=O) groups excluding carboxylic acids is 2. The molecule has 0 saturated carbocycles. The lowest BCUT2D eigenvalue weighted by molar-refractivity contribution is -0.120. The highest BCUT2D eigenvalue weighted by molar-refractivity contribution is 5.97. The lowest BCUT2D eigenvalue weighted by atomic mass is 10.1. The second kappa shape index (κ2) is 9.34. The number of rotatable bonds is 8. The highest BCUT2D eigenvalue weighted by Gasteiger charge is 2.16. The first kappa shape index (κ1) is 20.5. The van der Waals surface area contributed by atoms with Crippen LogP contribution in [-0.2, 0) is 11.2 Å². The zero-order chi connectivity index (χ0) is 21.6. The summed E-state index contributed by atoms with van der Waals surface area (Å²) in [5, 5.41) is 10.0. The Labute approximate surface area is 180 Å². The second-order valence-electron chi connectivity index (χ2n) is 7.22. The van der Waals surface area contributed by atoms with Gasteiger partial charge in [-0.15, -0.1) is 0 Å². The van der Waals surface area contributed by atoms with Crippen molar-refractivity contribution < 1.29 is 19.1 Å². The Morgan fingerprint density at radius 1 is 1.06 bits per heavy atom. The predicted molar refractivity (Wildman–Crippen MR) is 115 cm³/mol. The quantitative estimate of drug-likeness (QED) is 0.546. The molecule has 0 spiro atoms. The molecular formula is C23H24N4O4. The molecule has 0 aliphatic carbocycles. The maximum Gasteiger partial charge on any atom is 0.251 e. The molecule has 8 heteroatoms. The van der Waals surface area contributed by atoms with Gasteiger partial charge in [0, 0.05) is 18.3 Å². The summed E-state index contributed by atoms with van der Waals surface area (Å²) >= 11 is 0. The van der Waals surface area contributed by atoms with Gasteiger partial charge in [-0.25, -0.2) is 4.68 Å². The molecule has 8 nitrogen and oxygen atoms in total. The zero-order valence-corrected chi connectivity index (χ0v) is 17.3. The molecule has 160 valence electrons. The molecule has 4 rings (SSSR count). The van der Waals surface area contributed by atoms with Gasteiger partial charge in [0.25, 0.3) is 5.91 Å². The summed E-state index contributed by atoms with van der Waals surface area (Å²) in [6.07, 6.45) is 3.61. The molecule has 0 unspecified atom stereocenters. The number of hydrogen-bond donors (Lipinski definition) is 2. The summed E-state index contributed by atoms with van der Waals surface area (Å²) in [4.78, 5) is 24.3. The number of nitrogens with zero attached hydrogens (tertiary/aromatic N) is 2. The molecule has 2 amide bonds. The van der Waals surface area contributed by atoms with Gasteiger partial charge in [-0.05, 0) is 55.7 Å². The minimum absolute atomic E-state index is 0.0851. The van der Waals surface area contributed by atoms with Crippen molar-refractivity contribution in [2.24, 2.45) is 0 Å². The fourth-order valence-corrected chi connectivity index (χ4v) is 3.32. The second-order valence-corrected chi connectivity index (χ2v) is 7.22. The van der Waals surface area contributed by atoms with Crippen LogP contribution in [0.2, 0.25) is 0 Å². The van der Waals surface area contributed by atoms with E-state index in [0.29, 0.717) is 23.6 Å². The largest absolute Gasteiger partial charge is 0.454 e. The smallest absolute Gasteiger partial charge is 0.251 e. The van der Waals surface area contributed by atoms with Crippen LogP contribution in [0.15, 0.2) is 54.7 Å². The predicted octanol–water partition coefficient (Wildman–Crippen LogP) is 2.39. The Hall–Kier alpha value is -3.81. The van der Waals surface area contributed by atoms with E-state index in [1.165, 1.54) is 0 Å². The maximum absolute atomic E-state index is 12.2. The van der Waals surface area contributed by atoms with E-state index >= 15 is 0 Å². The molecule has 0 bridgehead atoms. The van der Waals surface area contributed by atoms with E-state index in [-0.39, 0.29) is 25.2 Å². The van der Waals surface area contributed by atoms with Gasteiger partial charge < -0.3 is 20.1 Å². The molecule has 2 N–H and O–H groups in total. The van der Waals surface area contributed by atoms with Crippen LogP contribution in [0.3, 0.4) is 0 Å². The lowest BCUT2D eigenvalue weighted by Gasteiger charge is -2.07. The molecule has 2 heterocycles. The molecule has 31 heavy (non-hydrogen) atoms. The number of aryl methyl sites for hydroxylation is 2. The Kier molecular flexibility index (Phi) is 6.16. The Morgan fingerprint density at radius 2 is 1.87 bits per heavy atom. The first-order chi connectivity index (χ1) is 15.1. The molecule has 0 fully saturated rings. The van der Waals surface area contributed by atoms with Gasteiger partial charge >= 0.3 is 0 Å². The van der Waals surface area contributed by atoms with Gasteiger partial charge in [0.2, 0.25) is 12.7 Å². The van der Waals surface area contributed by atoms with Crippen LogP contribution in [0, 0.1) is 6.92 Å². The van der Waals surface area contributed by atoms with E-state index in [2.05, 4.69) is 15.7 Å². The number of para-hydroxylation sites is 1. The van der Waals surface area contributed by atoms with E-state index < -0.39 is 0 Å². The minimum atomic E-state index is -0.336. The standard InChI is InChI=1S/C23H24N4O4/c1-16-18(14-27(26-16)19-7-3-2-4-8-19)6-5-11-24-22(28)13-25-23(29)17-9-10-20-21(12-17)31-15-30-20/h2-4,7-10,12,14H,5-6,11,13,15H2,1H3,(H,24,28)(H,25,29). The Balaban J connectivity index is 1.19. The Morgan fingerprint density at radius 3 is 2.71 bits per heavy atom. The third-order valence-electron chi connectivity index (χ3n) is 5.01. The van der Waals surface area contributed by atoms with Crippen LogP contribution >= 0.6 is 0 Å². The first-order valence-electron chi connectivity index (χ1n) is 10.2. The topological polar surface area (TPSA) is 94.5 Å². The van der Waals surface area contributed by atoms with Crippen molar-refractivity contribution in [3.8, 4) is 17.2 Å². The van der Waals surface area contributed by atoms with Crippen LogP contribution in [0.4, 0.5) is 0 Å². The van der Waals surface area contributed by atoms with Gasteiger partial charge in [0.15, 0.2) is 11.5 Å². The number of carbonyl (C=O) groups is 2. The molecule has 0 radical (unpaired) electrons. The highest BCUT2D eigenvalue weighted by atomic mass is 16.7. The van der Waals surface area contributed by atoms with Crippen LogP contribution in [0.25, 0.3) is 5.69 Å². The fourth-order valence-electron chi connectivity index (χ4n) is 3.32. The molecular weight excluding hydrogens is 396 g/mol. The lowest BCUT2D eigenvalue weighted by Crippen LogP contribution is -2.37. The molecule has 3 aromatic rings. The summed E-state index contributed by atoms with van der Waals surface area (Å²) in [6.45, 7) is 2.57. The maximum atomic E-state index is 12.2. The van der Waals surface area contributed by atoms with Crippen LogP contribution in [0.1, 0.15) is 28.0 Å². The third kappa shape index (κ3) is 5.03. The molecule has 0 saturated heterocycles. The van der Waals surface area contributed by atoms with Crippen molar-refractivity contribution in [3.63, 3.8) is 0 Å². The van der Waals surface area contributed by atoms with Gasteiger partial charge in [-0.2, -0.15) is 5.10 Å². The van der Waals surface area contributed by atoms with Crippen molar-refractivity contribution in [3.05, 3.63) is 71.5 Å². The number of benzene rings is 2. The van der Waals surface area contributed by atoms with Crippen LogP contribution < -0.4 is 20.1 Å². The average Bonchev–Trinajstić information content (AvgIpc) is 3.41. The average molecular weight is 420 g/mol. The van der Waals surface area contributed by atoms with Crippen molar-refractivity contribution in [1.82, 2.24) is 20.4 Å². The molecule has 2 aromatic carbocycles. The van der Waals surface area contributed by atoms with Gasteiger partial charge in [0.05, 0.1) is 17.9 Å². The molecule has 0 atom stereocenters. The van der Waals surface area contributed by atoms with Crippen molar-refractivity contribution >= 4 is 11.8 Å². The summed E-state index contributed by atoms with van der Waals surface area (Å²) < 4.78 is 12.4. The van der Waals surface area contributed by atoms with E-state index in [1.807, 2.05) is 48.1 Å². The SMILES string of the molecule is Cc1nn(-c2ccccc2)cc1CCCNC(=O)CNC(=O)c1ccc2c(c1)OCO2. The number of aromatic nitrogens is 2. The summed E-state index contributed by atoms with van der Waals surface area (Å²) in [5.74, 6) is 0.574. The summed E-state index contributed by atoms with van der Waals surface area (Å²) in [7, 11) is 0. The molecule has 1 aliphatic rings. The number of hydrogen-bond acceptors (Lipinski definition) is 5. The van der Waals surface area contributed by atoms with Gasteiger partial charge in [0.1, 0.15) is 0 Å². The fraction of sp³-hybridized carbons (Fsp3) is 0.261. The monoisotopic (exact) mass is 420 g/mol. The van der Waals surface area contributed by atoms with E-state index in [9.17, 15) is 9.59 Å². The molecule has 1 aromatic heterocycles. The number of ether oxygens (including phenoxy) is 2. The number of amides is 2. The van der Waals surface area contributed by atoms with Gasteiger partial charge in [-0.3, -0.25) is 9.59 Å².